The van der Waals surface area contributed by atoms with Gasteiger partial charge in [-0.05, 0) is 48.2 Å². The van der Waals surface area contributed by atoms with Crippen molar-refractivity contribution in [2.45, 2.75) is 56.5 Å². The van der Waals surface area contributed by atoms with E-state index in [1.165, 1.54) is 11.8 Å². The SMILES string of the molecule is O=C(NC1CCCC1)[C@@H](Cc1ccccc1)N(Cc1c(Cl)cccc1Cl)C(=O)CSCc1c(Cl)cccc1Cl. The molecule has 0 bridgehead atoms. The Morgan fingerprint density at radius 1 is 0.821 bits per heavy atom. The molecule has 0 saturated heterocycles. The van der Waals surface area contributed by atoms with E-state index in [1.54, 1.807) is 41.3 Å². The molecule has 0 radical (unpaired) electrons. The largest absolute Gasteiger partial charge is 0.352 e. The molecule has 3 aromatic rings. The van der Waals surface area contributed by atoms with Gasteiger partial charge in [0.15, 0.2) is 0 Å². The summed E-state index contributed by atoms with van der Waals surface area (Å²) in [6, 6.07) is 19.7. The molecule has 4 rings (SSSR count). The van der Waals surface area contributed by atoms with Gasteiger partial charge in [-0.3, -0.25) is 9.59 Å². The van der Waals surface area contributed by atoms with Gasteiger partial charge in [-0.15, -0.1) is 11.8 Å². The van der Waals surface area contributed by atoms with Gasteiger partial charge in [0.2, 0.25) is 11.8 Å². The molecule has 206 valence electrons. The molecule has 1 fully saturated rings. The molecule has 9 heteroatoms. The van der Waals surface area contributed by atoms with Crippen molar-refractivity contribution in [1.29, 1.82) is 0 Å². The minimum atomic E-state index is -0.739. The normalized spacial score (nSPS) is 14.3. The second kappa shape index (κ2) is 14.7. The highest BCUT2D eigenvalue weighted by atomic mass is 35.5. The lowest BCUT2D eigenvalue weighted by atomic mass is 10.0. The van der Waals surface area contributed by atoms with Crippen molar-refractivity contribution >= 4 is 70.0 Å². The molecule has 0 aromatic heterocycles. The van der Waals surface area contributed by atoms with Crippen LogP contribution in [0, 0.1) is 0 Å². The molecule has 39 heavy (non-hydrogen) atoms. The van der Waals surface area contributed by atoms with Crippen molar-refractivity contribution in [2.75, 3.05) is 5.75 Å². The average Bonchev–Trinajstić information content (AvgIpc) is 3.43. The first-order chi connectivity index (χ1) is 18.8. The Balaban J connectivity index is 1.62. The molecule has 1 aliphatic rings. The molecule has 1 aliphatic carbocycles. The Kier molecular flexibility index (Phi) is 11.3. The van der Waals surface area contributed by atoms with E-state index in [0.717, 1.165) is 36.8 Å². The van der Waals surface area contributed by atoms with Crippen molar-refractivity contribution in [2.24, 2.45) is 0 Å². The van der Waals surface area contributed by atoms with Gasteiger partial charge in [0.25, 0.3) is 0 Å². The molecule has 0 unspecified atom stereocenters. The minimum absolute atomic E-state index is 0.111. The first-order valence-electron chi connectivity index (χ1n) is 12.9. The van der Waals surface area contributed by atoms with Crippen LogP contribution in [0.15, 0.2) is 66.7 Å². The Morgan fingerprint density at radius 2 is 1.38 bits per heavy atom. The van der Waals surface area contributed by atoms with Crippen molar-refractivity contribution in [3.8, 4) is 0 Å². The standard InChI is InChI=1S/C30H30Cl4N2O2S/c31-24-12-6-13-25(32)22(24)17-36(29(37)19-39-18-23-26(33)14-7-15-27(23)34)28(16-20-8-2-1-3-9-20)30(38)35-21-10-4-5-11-21/h1-3,6-9,12-15,21,28H,4-5,10-11,16-19H2,(H,35,38)/t28-/m1/s1. The van der Waals surface area contributed by atoms with E-state index in [-0.39, 0.29) is 30.2 Å². The fourth-order valence-corrected chi connectivity index (χ4v) is 6.93. The molecular weight excluding hydrogens is 594 g/mol. The number of halogens is 4. The van der Waals surface area contributed by atoms with Crippen molar-refractivity contribution in [3.05, 3.63) is 104 Å². The van der Waals surface area contributed by atoms with E-state index in [2.05, 4.69) is 5.32 Å². The zero-order chi connectivity index (χ0) is 27.8. The predicted molar refractivity (Wildman–Crippen MR) is 164 cm³/mol. The molecule has 0 aliphatic heterocycles. The summed E-state index contributed by atoms with van der Waals surface area (Å²) in [4.78, 5) is 29.3. The highest BCUT2D eigenvalue weighted by molar-refractivity contribution is 7.99. The third kappa shape index (κ3) is 8.31. The van der Waals surface area contributed by atoms with Gasteiger partial charge in [-0.1, -0.05) is 102 Å². The quantitative estimate of drug-likeness (QED) is 0.234. The van der Waals surface area contributed by atoms with E-state index in [9.17, 15) is 9.59 Å². The molecule has 2 amide bonds. The second-order valence-corrected chi connectivity index (χ2v) is 12.2. The lowest BCUT2D eigenvalue weighted by molar-refractivity contribution is -0.139. The first-order valence-corrected chi connectivity index (χ1v) is 15.6. The number of benzene rings is 3. The Bertz CT molecular complexity index is 1240. The van der Waals surface area contributed by atoms with Gasteiger partial charge in [0.05, 0.1) is 5.75 Å². The summed E-state index contributed by atoms with van der Waals surface area (Å²) in [6.45, 7) is 0.111. The number of hydrogen-bond donors (Lipinski definition) is 1. The van der Waals surface area contributed by atoms with Crippen molar-refractivity contribution < 1.29 is 9.59 Å². The van der Waals surface area contributed by atoms with Gasteiger partial charge in [0, 0.05) is 50.4 Å². The zero-order valence-electron chi connectivity index (χ0n) is 21.3. The smallest absolute Gasteiger partial charge is 0.243 e. The molecular formula is C30H30Cl4N2O2S. The summed E-state index contributed by atoms with van der Waals surface area (Å²) in [7, 11) is 0. The Hall–Kier alpha value is -1.89. The number of thioether (sulfide) groups is 1. The van der Waals surface area contributed by atoms with Crippen LogP contribution in [-0.4, -0.2) is 34.6 Å². The van der Waals surface area contributed by atoms with Crippen molar-refractivity contribution in [3.63, 3.8) is 0 Å². The summed E-state index contributed by atoms with van der Waals surface area (Å²) in [5.74, 6) is 0.233. The van der Waals surface area contributed by atoms with Crippen LogP contribution >= 0.6 is 58.2 Å². The fraction of sp³-hybridized carbons (Fsp3) is 0.333. The van der Waals surface area contributed by atoms with Crippen LogP contribution in [-0.2, 0) is 28.3 Å². The molecule has 3 aromatic carbocycles. The number of carbonyl (C=O) groups is 2. The maximum absolute atomic E-state index is 13.9. The average molecular weight is 624 g/mol. The number of carbonyl (C=O) groups excluding carboxylic acids is 2. The summed E-state index contributed by atoms with van der Waals surface area (Å²) >= 11 is 27.1. The monoisotopic (exact) mass is 622 g/mol. The molecule has 1 N–H and O–H groups in total. The van der Waals surface area contributed by atoms with Crippen LogP contribution < -0.4 is 5.32 Å². The summed E-state index contributed by atoms with van der Waals surface area (Å²) in [6.07, 6.45) is 4.44. The zero-order valence-corrected chi connectivity index (χ0v) is 25.2. The number of rotatable bonds is 11. The summed E-state index contributed by atoms with van der Waals surface area (Å²) in [5, 5.41) is 5.22. The lowest BCUT2D eigenvalue weighted by Gasteiger charge is -2.33. The van der Waals surface area contributed by atoms with Crippen LogP contribution in [0.3, 0.4) is 0 Å². The third-order valence-electron chi connectivity index (χ3n) is 6.90. The first kappa shape index (κ1) is 30.1. The Labute approximate surface area is 254 Å². The van der Waals surface area contributed by atoms with E-state index in [0.29, 0.717) is 37.8 Å². The molecule has 4 nitrogen and oxygen atoms in total. The minimum Gasteiger partial charge on any atom is -0.352 e. The highest BCUT2D eigenvalue weighted by Gasteiger charge is 2.33. The van der Waals surface area contributed by atoms with Crippen LogP contribution in [0.25, 0.3) is 0 Å². The Morgan fingerprint density at radius 3 is 1.97 bits per heavy atom. The lowest BCUT2D eigenvalue weighted by Crippen LogP contribution is -2.52. The third-order valence-corrected chi connectivity index (χ3v) is 9.26. The second-order valence-electron chi connectivity index (χ2n) is 9.61. The fourth-order valence-electron chi connectivity index (χ4n) is 4.77. The van der Waals surface area contributed by atoms with Crippen LogP contribution in [0.1, 0.15) is 42.4 Å². The van der Waals surface area contributed by atoms with Crippen LogP contribution in [0.4, 0.5) is 0 Å². The summed E-state index contributed by atoms with van der Waals surface area (Å²) in [5.41, 5.74) is 2.35. The number of hydrogen-bond acceptors (Lipinski definition) is 3. The topological polar surface area (TPSA) is 49.4 Å². The maximum atomic E-state index is 13.9. The number of amides is 2. The maximum Gasteiger partial charge on any atom is 0.243 e. The van der Waals surface area contributed by atoms with E-state index in [4.69, 9.17) is 46.4 Å². The van der Waals surface area contributed by atoms with E-state index < -0.39 is 6.04 Å². The van der Waals surface area contributed by atoms with Gasteiger partial charge < -0.3 is 10.2 Å². The van der Waals surface area contributed by atoms with Crippen molar-refractivity contribution in [1.82, 2.24) is 10.2 Å². The van der Waals surface area contributed by atoms with Gasteiger partial charge in [-0.2, -0.15) is 0 Å². The predicted octanol–water partition coefficient (Wildman–Crippen LogP) is 8.23. The van der Waals surface area contributed by atoms with E-state index >= 15 is 0 Å². The molecule has 1 saturated carbocycles. The highest BCUT2D eigenvalue weighted by Crippen LogP contribution is 2.30. The van der Waals surface area contributed by atoms with Gasteiger partial charge >= 0.3 is 0 Å². The van der Waals surface area contributed by atoms with E-state index in [1.807, 2.05) is 30.3 Å². The van der Waals surface area contributed by atoms with Crippen LogP contribution in [0.2, 0.25) is 20.1 Å². The van der Waals surface area contributed by atoms with Gasteiger partial charge in [-0.25, -0.2) is 0 Å². The van der Waals surface area contributed by atoms with Gasteiger partial charge in [0.1, 0.15) is 6.04 Å². The number of nitrogens with one attached hydrogen (secondary N) is 1. The van der Waals surface area contributed by atoms with Crippen LogP contribution in [0.5, 0.6) is 0 Å². The molecule has 1 atom stereocenters. The molecule has 0 heterocycles. The number of nitrogens with zero attached hydrogens (tertiary/aromatic N) is 1. The summed E-state index contributed by atoms with van der Waals surface area (Å²) < 4.78 is 0. The molecule has 0 spiro atoms.